The van der Waals surface area contributed by atoms with Crippen LogP contribution in [0, 0.1) is 0 Å². The van der Waals surface area contributed by atoms with Crippen molar-refractivity contribution in [1.82, 2.24) is 0 Å². The van der Waals surface area contributed by atoms with Crippen LogP contribution in [0.4, 0.5) is 0 Å². The van der Waals surface area contributed by atoms with E-state index in [2.05, 4.69) is 19.1 Å². The first kappa shape index (κ1) is 24.6. The molecule has 0 spiro atoms. The van der Waals surface area contributed by atoms with Crippen molar-refractivity contribution in [1.29, 1.82) is 0 Å². The fourth-order valence-corrected chi connectivity index (χ4v) is 3.43. The molecule has 1 fully saturated rings. The Hall–Kier alpha value is -0.460. The molecule has 5 heteroatoms. The molecule has 0 aromatic carbocycles. The van der Waals surface area contributed by atoms with Crippen LogP contribution in [0.25, 0.3) is 0 Å². The normalized spacial score (nSPS) is 26.1. The molecule has 0 radical (unpaired) electrons. The Balaban J connectivity index is 1.93. The molecule has 1 aliphatic heterocycles. The summed E-state index contributed by atoms with van der Waals surface area (Å²) in [7, 11) is 0. The lowest BCUT2D eigenvalue weighted by Gasteiger charge is -2.37. The zero-order chi connectivity index (χ0) is 19.7. The van der Waals surface area contributed by atoms with Crippen LogP contribution in [0.5, 0.6) is 0 Å². The largest absolute Gasteiger partial charge is 0.394 e. The monoisotopic (exact) mass is 386 g/mol. The lowest BCUT2D eigenvalue weighted by molar-refractivity contribution is -0.211. The zero-order valence-corrected chi connectivity index (χ0v) is 17.2. The highest BCUT2D eigenvalue weighted by molar-refractivity contribution is 4.87. The van der Waals surface area contributed by atoms with Crippen molar-refractivity contribution in [2.45, 2.75) is 108 Å². The van der Waals surface area contributed by atoms with Crippen LogP contribution in [-0.4, -0.2) is 59.6 Å². The van der Waals surface area contributed by atoms with Crippen molar-refractivity contribution in [2.75, 3.05) is 19.8 Å². The smallest absolute Gasteiger partial charge is 0.114 e. The third-order valence-electron chi connectivity index (χ3n) is 5.22. The minimum Gasteiger partial charge on any atom is -0.394 e. The van der Waals surface area contributed by atoms with E-state index >= 15 is 0 Å². The first-order valence-electron chi connectivity index (χ1n) is 11.1. The molecule has 4 atom stereocenters. The fraction of sp³-hybridized carbons (Fsp3) is 0.909. The van der Waals surface area contributed by atoms with Gasteiger partial charge in [0.2, 0.25) is 0 Å². The molecule has 160 valence electrons. The molecular weight excluding hydrogens is 344 g/mol. The van der Waals surface area contributed by atoms with Crippen molar-refractivity contribution < 1.29 is 24.8 Å². The second-order valence-electron chi connectivity index (χ2n) is 7.68. The highest BCUT2D eigenvalue weighted by Gasteiger charge is 2.39. The van der Waals surface area contributed by atoms with Crippen LogP contribution >= 0.6 is 0 Å². The maximum atomic E-state index is 9.98. The minimum absolute atomic E-state index is 0.0391. The highest BCUT2D eigenvalue weighted by Crippen LogP contribution is 2.19. The van der Waals surface area contributed by atoms with Crippen LogP contribution in [0.3, 0.4) is 0 Å². The van der Waals surface area contributed by atoms with Crippen molar-refractivity contribution in [3.05, 3.63) is 12.2 Å². The summed E-state index contributed by atoms with van der Waals surface area (Å²) >= 11 is 0. The number of aliphatic hydroxyl groups excluding tert-OH is 3. The number of rotatable bonds is 16. The fourth-order valence-electron chi connectivity index (χ4n) is 3.43. The molecule has 1 saturated heterocycles. The predicted octanol–water partition coefficient (Wildman–Crippen LogP) is 3.74. The Bertz CT molecular complexity index is 359. The molecular formula is C22H42O5. The van der Waals surface area contributed by atoms with Crippen molar-refractivity contribution in [2.24, 2.45) is 0 Å². The van der Waals surface area contributed by atoms with Crippen LogP contribution < -0.4 is 0 Å². The number of allylic oxidation sites excluding steroid dienone is 2. The van der Waals surface area contributed by atoms with Gasteiger partial charge in [-0.1, -0.05) is 64.0 Å². The van der Waals surface area contributed by atoms with Crippen molar-refractivity contribution in [3.63, 3.8) is 0 Å². The van der Waals surface area contributed by atoms with Gasteiger partial charge in [-0.25, -0.2) is 0 Å². The van der Waals surface area contributed by atoms with E-state index in [0.717, 1.165) is 25.7 Å². The molecule has 0 aromatic heterocycles. The van der Waals surface area contributed by atoms with E-state index in [1.54, 1.807) is 0 Å². The third-order valence-corrected chi connectivity index (χ3v) is 5.22. The van der Waals surface area contributed by atoms with Gasteiger partial charge in [0.25, 0.3) is 0 Å². The summed E-state index contributed by atoms with van der Waals surface area (Å²) in [6, 6.07) is 0. The summed E-state index contributed by atoms with van der Waals surface area (Å²) in [4.78, 5) is 0. The number of hydrogen-bond donors (Lipinski definition) is 3. The highest BCUT2D eigenvalue weighted by atomic mass is 16.6. The molecule has 0 amide bonds. The maximum absolute atomic E-state index is 9.98. The molecule has 5 nitrogen and oxygen atoms in total. The number of aliphatic hydroxyl groups is 3. The molecule has 0 unspecified atom stereocenters. The van der Waals surface area contributed by atoms with E-state index in [4.69, 9.17) is 9.47 Å². The SMILES string of the molecule is CCCCCCCCC/C=C/CCCCCO[C@H]1[C@H](O)[C@@H](O)CO[C@@H]1CO. The third kappa shape index (κ3) is 11.2. The lowest BCUT2D eigenvalue weighted by Crippen LogP contribution is -2.55. The standard InChI is InChI=1S/C22H42O5/c1-2-3-4-5-6-7-8-9-10-11-12-13-14-15-16-26-22-20(17-23)27-18-19(24)21(22)25/h10-11,19-25H,2-9,12-18H2,1H3/b11-10+/t19-,20+,21+,22+/m0/s1. The minimum atomic E-state index is -0.995. The van der Waals surface area contributed by atoms with Gasteiger partial charge in [-0.2, -0.15) is 0 Å². The number of ether oxygens (including phenoxy) is 2. The summed E-state index contributed by atoms with van der Waals surface area (Å²) in [5.41, 5.74) is 0. The topological polar surface area (TPSA) is 79.2 Å². The zero-order valence-electron chi connectivity index (χ0n) is 17.2. The van der Waals surface area contributed by atoms with E-state index in [1.165, 1.54) is 51.4 Å². The quantitative estimate of drug-likeness (QED) is 0.278. The molecule has 0 saturated carbocycles. The van der Waals surface area contributed by atoms with E-state index < -0.39 is 24.4 Å². The molecule has 0 bridgehead atoms. The average Bonchev–Trinajstić information content (AvgIpc) is 2.68. The Labute approximate surface area is 165 Å². The van der Waals surface area contributed by atoms with Gasteiger partial charge in [-0.15, -0.1) is 0 Å². The Kier molecular flexibility index (Phi) is 15.0. The first-order valence-corrected chi connectivity index (χ1v) is 11.1. The molecule has 27 heavy (non-hydrogen) atoms. The van der Waals surface area contributed by atoms with Gasteiger partial charge in [0.05, 0.1) is 13.2 Å². The molecule has 1 aliphatic rings. The Morgan fingerprint density at radius 3 is 2.11 bits per heavy atom. The molecule has 0 aliphatic carbocycles. The summed E-state index contributed by atoms with van der Waals surface area (Å²) < 4.78 is 11.0. The van der Waals surface area contributed by atoms with Crippen LogP contribution in [-0.2, 0) is 9.47 Å². The van der Waals surface area contributed by atoms with Gasteiger partial charge in [-0.05, 0) is 32.1 Å². The second kappa shape index (κ2) is 16.5. The number of unbranched alkanes of at least 4 members (excludes halogenated alkanes) is 10. The predicted molar refractivity (Wildman–Crippen MR) is 109 cm³/mol. The Morgan fingerprint density at radius 1 is 0.889 bits per heavy atom. The summed E-state index contributed by atoms with van der Waals surface area (Å²) in [5.74, 6) is 0. The van der Waals surface area contributed by atoms with Gasteiger partial charge in [0.1, 0.15) is 24.4 Å². The van der Waals surface area contributed by atoms with E-state index in [1.807, 2.05) is 0 Å². The van der Waals surface area contributed by atoms with E-state index in [9.17, 15) is 15.3 Å². The van der Waals surface area contributed by atoms with Gasteiger partial charge in [0.15, 0.2) is 0 Å². The van der Waals surface area contributed by atoms with Crippen molar-refractivity contribution in [3.8, 4) is 0 Å². The van der Waals surface area contributed by atoms with Gasteiger partial charge >= 0.3 is 0 Å². The summed E-state index contributed by atoms with van der Waals surface area (Å²) in [5, 5.41) is 28.9. The first-order chi connectivity index (χ1) is 13.2. The number of hydrogen-bond acceptors (Lipinski definition) is 5. The van der Waals surface area contributed by atoms with Crippen molar-refractivity contribution >= 4 is 0 Å². The molecule has 3 N–H and O–H groups in total. The average molecular weight is 387 g/mol. The Morgan fingerprint density at radius 2 is 1.48 bits per heavy atom. The van der Waals surface area contributed by atoms with Crippen LogP contribution in [0.2, 0.25) is 0 Å². The lowest BCUT2D eigenvalue weighted by atomic mass is 10.0. The van der Waals surface area contributed by atoms with Crippen LogP contribution in [0.15, 0.2) is 12.2 Å². The summed E-state index contributed by atoms with van der Waals surface area (Å²) in [6.45, 7) is 2.59. The second-order valence-corrected chi connectivity index (χ2v) is 7.68. The molecule has 0 aromatic rings. The van der Waals surface area contributed by atoms with E-state index in [0.29, 0.717) is 6.61 Å². The van der Waals surface area contributed by atoms with Gasteiger partial charge in [-0.3, -0.25) is 0 Å². The maximum Gasteiger partial charge on any atom is 0.114 e. The van der Waals surface area contributed by atoms with Gasteiger partial charge < -0.3 is 24.8 Å². The summed E-state index contributed by atoms with van der Waals surface area (Å²) in [6.07, 6.45) is 16.4. The van der Waals surface area contributed by atoms with Crippen LogP contribution in [0.1, 0.15) is 84.0 Å². The van der Waals surface area contributed by atoms with Gasteiger partial charge in [0, 0.05) is 6.61 Å². The molecule has 1 rings (SSSR count). The molecule has 1 heterocycles. The van der Waals surface area contributed by atoms with E-state index in [-0.39, 0.29) is 13.2 Å².